The van der Waals surface area contributed by atoms with Crippen LogP contribution in [0.5, 0.6) is 0 Å². The zero-order valence-electron chi connectivity index (χ0n) is 18.5. The van der Waals surface area contributed by atoms with Gasteiger partial charge in [0, 0.05) is 16.7 Å². The largest absolute Gasteiger partial charge is 0.343 e. The Morgan fingerprint density at radius 2 is 1.63 bits per heavy atom. The van der Waals surface area contributed by atoms with Crippen LogP contribution in [-0.2, 0) is 5.41 Å². The molecular weight excluding hydrogens is 364 g/mol. The molecule has 0 saturated heterocycles. The van der Waals surface area contributed by atoms with Crippen LogP contribution in [0.25, 0.3) is 16.8 Å². The van der Waals surface area contributed by atoms with E-state index in [0.717, 1.165) is 52.3 Å². The zero-order valence-corrected chi connectivity index (χ0v) is 18.5. The minimum Gasteiger partial charge on any atom is -0.343 e. The summed E-state index contributed by atoms with van der Waals surface area (Å²) in [6, 6.07) is 19.4. The average Bonchev–Trinajstić information content (AvgIpc) is 3.53. The number of nitrogens with zero attached hydrogens (tertiary/aromatic N) is 1. The quantitative estimate of drug-likeness (QED) is 0.472. The summed E-state index contributed by atoms with van der Waals surface area (Å²) in [5.41, 5.74) is 10.5. The van der Waals surface area contributed by atoms with E-state index in [0.29, 0.717) is 0 Å². The molecule has 30 heavy (non-hydrogen) atoms. The Morgan fingerprint density at radius 1 is 0.900 bits per heavy atom. The van der Waals surface area contributed by atoms with E-state index in [1.807, 2.05) is 13.0 Å². The molecule has 0 spiro atoms. The molecule has 0 unspecified atom stereocenters. The highest BCUT2D eigenvalue weighted by atomic mass is 15.0. The van der Waals surface area contributed by atoms with E-state index in [9.17, 15) is 0 Å². The Morgan fingerprint density at radius 3 is 2.30 bits per heavy atom. The van der Waals surface area contributed by atoms with E-state index in [2.05, 4.69) is 87.8 Å². The van der Waals surface area contributed by atoms with Crippen molar-refractivity contribution in [2.24, 2.45) is 0 Å². The van der Waals surface area contributed by atoms with Crippen molar-refractivity contribution in [3.63, 3.8) is 0 Å². The second-order valence-corrected chi connectivity index (χ2v) is 8.71. The van der Waals surface area contributed by atoms with E-state index in [-0.39, 0.29) is 5.41 Å². The minimum absolute atomic E-state index is 0.0189. The lowest BCUT2D eigenvalue weighted by molar-refractivity contribution is 0.825. The number of aryl methyl sites for hydroxylation is 3. The van der Waals surface area contributed by atoms with Crippen LogP contribution in [0.2, 0.25) is 0 Å². The van der Waals surface area contributed by atoms with Crippen molar-refractivity contribution in [3.05, 3.63) is 101 Å². The molecule has 1 N–H and O–H groups in total. The lowest BCUT2D eigenvalue weighted by Crippen LogP contribution is -2.17. The van der Waals surface area contributed by atoms with Crippen molar-refractivity contribution < 1.29 is 0 Å². The molecule has 1 saturated carbocycles. The molecule has 0 amide bonds. The molecule has 0 aliphatic heterocycles. The summed E-state index contributed by atoms with van der Waals surface area (Å²) in [5, 5.41) is 3.53. The summed E-state index contributed by atoms with van der Waals surface area (Å²) in [6.07, 6.45) is 2.25. The van der Waals surface area contributed by atoms with Crippen molar-refractivity contribution >= 4 is 11.4 Å². The smallest absolute Gasteiger partial charge is 0.130 e. The predicted molar refractivity (Wildman–Crippen MR) is 129 cm³/mol. The number of pyridine rings is 1. The lowest BCUT2D eigenvalue weighted by atomic mass is 9.90. The van der Waals surface area contributed by atoms with Crippen molar-refractivity contribution in [1.29, 1.82) is 0 Å². The summed E-state index contributed by atoms with van der Waals surface area (Å²) >= 11 is 0. The SMILES string of the molecule is C=C(C)c1cccc(-c2nc(NC(=C)C3(c4ccc(C)c(C)c4)CC3)ccc2C)c1. The monoisotopic (exact) mass is 394 g/mol. The summed E-state index contributed by atoms with van der Waals surface area (Å²) in [5.74, 6) is 0.844. The molecule has 0 radical (unpaired) electrons. The number of anilines is 1. The van der Waals surface area contributed by atoms with Crippen molar-refractivity contribution in [2.75, 3.05) is 5.32 Å². The first kappa shape index (κ1) is 20.2. The van der Waals surface area contributed by atoms with Crippen LogP contribution in [0.3, 0.4) is 0 Å². The molecule has 2 heteroatoms. The fraction of sp³-hybridized carbons (Fsp3) is 0.250. The lowest BCUT2D eigenvalue weighted by Gasteiger charge is -2.22. The van der Waals surface area contributed by atoms with Crippen LogP contribution in [0.1, 0.15) is 47.6 Å². The molecule has 1 heterocycles. The van der Waals surface area contributed by atoms with E-state index in [1.165, 1.54) is 16.7 Å². The Bertz CT molecular complexity index is 1150. The van der Waals surface area contributed by atoms with Gasteiger partial charge in [0.1, 0.15) is 5.82 Å². The molecule has 1 fully saturated rings. The van der Waals surface area contributed by atoms with Crippen LogP contribution in [0.15, 0.2) is 73.5 Å². The maximum absolute atomic E-state index is 4.95. The molecule has 2 nitrogen and oxygen atoms in total. The van der Waals surface area contributed by atoms with E-state index < -0.39 is 0 Å². The molecule has 0 atom stereocenters. The first-order valence-corrected chi connectivity index (χ1v) is 10.6. The number of hydrogen-bond acceptors (Lipinski definition) is 2. The number of benzene rings is 2. The van der Waals surface area contributed by atoms with Gasteiger partial charge in [-0.1, -0.05) is 61.2 Å². The third-order valence-electron chi connectivity index (χ3n) is 6.39. The maximum atomic E-state index is 4.95. The van der Waals surface area contributed by atoms with Crippen LogP contribution >= 0.6 is 0 Å². The highest BCUT2D eigenvalue weighted by Crippen LogP contribution is 2.53. The van der Waals surface area contributed by atoms with Gasteiger partial charge in [-0.05, 0) is 80.5 Å². The molecule has 1 aliphatic rings. The normalized spacial score (nSPS) is 14.3. The third-order valence-corrected chi connectivity index (χ3v) is 6.39. The highest BCUT2D eigenvalue weighted by molar-refractivity contribution is 5.71. The first-order valence-electron chi connectivity index (χ1n) is 10.6. The number of aromatic nitrogens is 1. The van der Waals surface area contributed by atoms with Crippen LogP contribution < -0.4 is 5.32 Å². The fourth-order valence-electron chi connectivity index (χ4n) is 4.03. The summed E-state index contributed by atoms with van der Waals surface area (Å²) in [6.45, 7) is 17.0. The van der Waals surface area contributed by atoms with Crippen LogP contribution in [0, 0.1) is 20.8 Å². The molecule has 4 rings (SSSR count). The Labute approximate surface area is 180 Å². The molecular formula is C28H30N2. The van der Waals surface area contributed by atoms with Gasteiger partial charge in [-0.2, -0.15) is 0 Å². The highest BCUT2D eigenvalue weighted by Gasteiger charge is 2.47. The number of nitrogens with one attached hydrogen (secondary N) is 1. The van der Waals surface area contributed by atoms with Crippen molar-refractivity contribution in [2.45, 2.75) is 46.0 Å². The molecule has 0 bridgehead atoms. The van der Waals surface area contributed by atoms with E-state index in [4.69, 9.17) is 4.98 Å². The van der Waals surface area contributed by atoms with Gasteiger partial charge < -0.3 is 5.32 Å². The first-order chi connectivity index (χ1) is 14.3. The van der Waals surface area contributed by atoms with Gasteiger partial charge in [0.15, 0.2) is 0 Å². The standard InChI is InChI=1S/C28H30N2/c1-18(2)23-8-7-9-24(17-23)27-20(4)11-13-26(30-27)29-22(6)28(14-15-28)25-12-10-19(3)21(5)16-25/h7-13,16-17H,1,6,14-15H2,2-5H3,(H,29,30). The van der Waals surface area contributed by atoms with Gasteiger partial charge in [-0.3, -0.25) is 0 Å². The summed E-state index contributed by atoms with van der Waals surface area (Å²) in [7, 11) is 0. The van der Waals surface area contributed by atoms with Gasteiger partial charge in [0.05, 0.1) is 5.69 Å². The van der Waals surface area contributed by atoms with E-state index in [1.54, 1.807) is 0 Å². The second kappa shape index (κ2) is 7.60. The van der Waals surface area contributed by atoms with Crippen LogP contribution in [-0.4, -0.2) is 4.98 Å². The minimum atomic E-state index is 0.0189. The average molecular weight is 395 g/mol. The Balaban J connectivity index is 1.62. The molecule has 2 aromatic carbocycles. The van der Waals surface area contributed by atoms with Gasteiger partial charge in [0.2, 0.25) is 0 Å². The van der Waals surface area contributed by atoms with Gasteiger partial charge in [0.25, 0.3) is 0 Å². The number of hydrogen-bond donors (Lipinski definition) is 1. The molecule has 152 valence electrons. The van der Waals surface area contributed by atoms with Crippen molar-refractivity contribution in [1.82, 2.24) is 4.98 Å². The Hall–Kier alpha value is -3.13. The molecule has 1 aromatic heterocycles. The maximum Gasteiger partial charge on any atom is 0.130 e. The van der Waals surface area contributed by atoms with Gasteiger partial charge in [-0.25, -0.2) is 4.98 Å². The topological polar surface area (TPSA) is 24.9 Å². The molecule has 3 aromatic rings. The number of allylic oxidation sites excluding steroid dienone is 2. The van der Waals surface area contributed by atoms with Gasteiger partial charge >= 0.3 is 0 Å². The molecule has 1 aliphatic carbocycles. The van der Waals surface area contributed by atoms with E-state index >= 15 is 0 Å². The van der Waals surface area contributed by atoms with Crippen molar-refractivity contribution in [3.8, 4) is 11.3 Å². The van der Waals surface area contributed by atoms with Crippen LogP contribution in [0.4, 0.5) is 5.82 Å². The predicted octanol–water partition coefficient (Wildman–Crippen LogP) is 7.36. The summed E-state index contributed by atoms with van der Waals surface area (Å²) in [4.78, 5) is 4.95. The summed E-state index contributed by atoms with van der Waals surface area (Å²) < 4.78 is 0. The fourth-order valence-corrected chi connectivity index (χ4v) is 4.03. The third kappa shape index (κ3) is 3.70. The zero-order chi connectivity index (χ0) is 21.5. The van der Waals surface area contributed by atoms with Gasteiger partial charge in [-0.15, -0.1) is 0 Å². The number of rotatable bonds is 6. The second-order valence-electron chi connectivity index (χ2n) is 8.71. The Kier molecular flexibility index (Phi) is 5.11.